The van der Waals surface area contributed by atoms with Gasteiger partial charge in [-0.15, -0.1) is 0 Å². The average Bonchev–Trinajstić information content (AvgIpc) is 3.02. The van der Waals surface area contributed by atoms with Crippen molar-refractivity contribution in [3.05, 3.63) is 23.0 Å². The second-order valence-corrected chi connectivity index (χ2v) is 4.69. The Hall–Kier alpha value is -0.960. The second-order valence-electron chi connectivity index (χ2n) is 4.28. The first-order valence-corrected chi connectivity index (χ1v) is 5.61. The van der Waals surface area contributed by atoms with E-state index < -0.39 is 0 Å². The van der Waals surface area contributed by atoms with E-state index in [-0.39, 0.29) is 10.8 Å². The third-order valence-corrected chi connectivity index (χ3v) is 3.39. The van der Waals surface area contributed by atoms with E-state index in [1.54, 1.807) is 6.07 Å². The highest BCUT2D eigenvalue weighted by atomic mass is 35.5. The molecule has 0 amide bonds. The third-order valence-electron chi connectivity index (χ3n) is 3.10. The molecular formula is C11H12ClFN2. The van der Waals surface area contributed by atoms with Crippen LogP contribution in [0.3, 0.4) is 0 Å². The van der Waals surface area contributed by atoms with E-state index in [4.69, 9.17) is 11.6 Å². The van der Waals surface area contributed by atoms with E-state index in [1.807, 2.05) is 0 Å². The molecule has 1 aliphatic carbocycles. The molecule has 0 bridgehead atoms. The van der Waals surface area contributed by atoms with Gasteiger partial charge in [0.05, 0.1) is 16.4 Å². The number of hydrogen-bond acceptors (Lipinski definition) is 2. The van der Waals surface area contributed by atoms with Crippen molar-refractivity contribution >= 4 is 23.0 Å². The number of anilines is 2. The Morgan fingerprint density at radius 2 is 2.07 bits per heavy atom. The summed E-state index contributed by atoms with van der Waals surface area (Å²) in [4.78, 5) is 0. The van der Waals surface area contributed by atoms with Gasteiger partial charge in [-0.1, -0.05) is 11.6 Å². The van der Waals surface area contributed by atoms with Gasteiger partial charge in [0.1, 0.15) is 5.82 Å². The van der Waals surface area contributed by atoms with Gasteiger partial charge < -0.3 is 10.6 Å². The number of nitrogens with one attached hydrogen (secondary N) is 2. The molecule has 1 saturated carbocycles. The molecule has 1 aliphatic heterocycles. The summed E-state index contributed by atoms with van der Waals surface area (Å²) in [6.45, 7) is 0.874. The fraction of sp³-hybridized carbons (Fsp3) is 0.455. The maximum Gasteiger partial charge on any atom is 0.143 e. The van der Waals surface area contributed by atoms with Crippen LogP contribution < -0.4 is 10.6 Å². The van der Waals surface area contributed by atoms with Gasteiger partial charge in [-0.05, 0) is 24.8 Å². The molecule has 4 heteroatoms. The molecule has 0 saturated heterocycles. The zero-order valence-corrected chi connectivity index (χ0v) is 8.94. The molecule has 0 radical (unpaired) electrons. The predicted octanol–water partition coefficient (Wildman–Crippen LogP) is 3.10. The summed E-state index contributed by atoms with van der Waals surface area (Å²) in [5.74, 6) is 0.407. The number of benzene rings is 1. The number of rotatable bonds is 1. The van der Waals surface area contributed by atoms with Gasteiger partial charge in [0.25, 0.3) is 0 Å². The summed E-state index contributed by atoms with van der Waals surface area (Å²) < 4.78 is 13.2. The van der Waals surface area contributed by atoms with Crippen LogP contribution in [0, 0.1) is 11.7 Å². The molecule has 1 aromatic rings. The zero-order valence-electron chi connectivity index (χ0n) is 8.19. The van der Waals surface area contributed by atoms with Crippen LogP contribution in [-0.4, -0.2) is 12.6 Å². The maximum absolute atomic E-state index is 13.2. The van der Waals surface area contributed by atoms with Gasteiger partial charge in [-0.3, -0.25) is 0 Å². The molecule has 1 fully saturated rings. The summed E-state index contributed by atoms with van der Waals surface area (Å²) in [6.07, 6.45) is 2.59. The van der Waals surface area contributed by atoms with Crippen molar-refractivity contribution in [1.82, 2.24) is 0 Å². The molecule has 2 aliphatic rings. The highest BCUT2D eigenvalue weighted by Crippen LogP contribution is 2.39. The van der Waals surface area contributed by atoms with Crippen molar-refractivity contribution in [3.63, 3.8) is 0 Å². The van der Waals surface area contributed by atoms with Crippen LogP contribution in [0.1, 0.15) is 12.8 Å². The Kier molecular flexibility index (Phi) is 2.02. The van der Waals surface area contributed by atoms with Crippen molar-refractivity contribution < 1.29 is 4.39 Å². The Balaban J connectivity index is 1.91. The fourth-order valence-electron chi connectivity index (χ4n) is 2.07. The van der Waals surface area contributed by atoms with Crippen molar-refractivity contribution in [1.29, 1.82) is 0 Å². The first kappa shape index (κ1) is 9.28. The van der Waals surface area contributed by atoms with E-state index in [9.17, 15) is 4.39 Å². The Labute approximate surface area is 92.8 Å². The van der Waals surface area contributed by atoms with Gasteiger partial charge >= 0.3 is 0 Å². The first-order valence-electron chi connectivity index (χ1n) is 5.23. The minimum Gasteiger partial charge on any atom is -0.381 e. The quantitative estimate of drug-likeness (QED) is 0.769. The lowest BCUT2D eigenvalue weighted by Crippen LogP contribution is -2.34. The van der Waals surface area contributed by atoms with E-state index in [0.717, 1.165) is 23.8 Å². The van der Waals surface area contributed by atoms with Crippen molar-refractivity contribution in [2.24, 2.45) is 5.92 Å². The standard InChI is InChI=1S/C11H12ClFN2/c12-7-3-10-9(4-8(7)13)14-5-11(15-10)6-1-2-6/h3-4,6,11,14-15H,1-2,5H2. The Morgan fingerprint density at radius 1 is 1.27 bits per heavy atom. The Morgan fingerprint density at radius 3 is 2.80 bits per heavy atom. The van der Waals surface area contributed by atoms with E-state index in [1.165, 1.54) is 18.9 Å². The van der Waals surface area contributed by atoms with Crippen LogP contribution in [0.25, 0.3) is 0 Å². The van der Waals surface area contributed by atoms with Crippen LogP contribution in [-0.2, 0) is 0 Å². The second kappa shape index (κ2) is 3.27. The lowest BCUT2D eigenvalue weighted by molar-refractivity contribution is 0.623. The van der Waals surface area contributed by atoms with Gasteiger partial charge in [-0.2, -0.15) is 0 Å². The molecule has 2 N–H and O–H groups in total. The minimum atomic E-state index is -0.366. The molecule has 3 rings (SSSR count). The molecule has 1 aromatic carbocycles. The van der Waals surface area contributed by atoms with Crippen molar-refractivity contribution in [2.45, 2.75) is 18.9 Å². The van der Waals surface area contributed by atoms with Gasteiger partial charge in [-0.25, -0.2) is 4.39 Å². The molecular weight excluding hydrogens is 215 g/mol. The zero-order chi connectivity index (χ0) is 10.4. The topological polar surface area (TPSA) is 24.1 Å². The number of hydrogen-bond donors (Lipinski definition) is 2. The van der Waals surface area contributed by atoms with E-state index in [0.29, 0.717) is 6.04 Å². The molecule has 1 unspecified atom stereocenters. The minimum absolute atomic E-state index is 0.180. The van der Waals surface area contributed by atoms with Crippen LogP contribution in [0.5, 0.6) is 0 Å². The molecule has 80 valence electrons. The smallest absolute Gasteiger partial charge is 0.143 e. The molecule has 15 heavy (non-hydrogen) atoms. The molecule has 1 atom stereocenters. The lowest BCUT2D eigenvalue weighted by Gasteiger charge is -2.28. The van der Waals surface area contributed by atoms with Gasteiger partial charge in [0.15, 0.2) is 0 Å². The van der Waals surface area contributed by atoms with Crippen molar-refractivity contribution in [3.8, 4) is 0 Å². The lowest BCUT2D eigenvalue weighted by atomic mass is 10.1. The SMILES string of the molecule is Fc1cc2c(cc1Cl)NC(C1CC1)CN2. The molecule has 2 nitrogen and oxygen atoms in total. The highest BCUT2D eigenvalue weighted by Gasteiger charge is 2.33. The Bertz CT molecular complexity index is 404. The average molecular weight is 227 g/mol. The summed E-state index contributed by atoms with van der Waals surface area (Å²) in [5.41, 5.74) is 1.73. The summed E-state index contributed by atoms with van der Waals surface area (Å²) in [5, 5.41) is 6.83. The first-order chi connectivity index (χ1) is 7.24. The van der Waals surface area contributed by atoms with Crippen molar-refractivity contribution in [2.75, 3.05) is 17.2 Å². The normalized spacial score (nSPS) is 24.0. The third kappa shape index (κ3) is 1.65. The fourth-order valence-corrected chi connectivity index (χ4v) is 2.23. The summed E-state index contributed by atoms with van der Waals surface area (Å²) in [7, 11) is 0. The van der Waals surface area contributed by atoms with Crippen LogP contribution in [0.2, 0.25) is 5.02 Å². The van der Waals surface area contributed by atoms with Gasteiger partial charge in [0, 0.05) is 18.7 Å². The van der Waals surface area contributed by atoms with Gasteiger partial charge in [0.2, 0.25) is 0 Å². The number of halogens is 2. The predicted molar refractivity (Wildman–Crippen MR) is 60.0 cm³/mol. The van der Waals surface area contributed by atoms with Crippen LogP contribution in [0.15, 0.2) is 12.1 Å². The molecule has 1 heterocycles. The summed E-state index contributed by atoms with van der Waals surface area (Å²) in [6, 6.07) is 3.58. The summed E-state index contributed by atoms with van der Waals surface area (Å²) >= 11 is 5.75. The largest absolute Gasteiger partial charge is 0.381 e. The van der Waals surface area contributed by atoms with Crippen LogP contribution >= 0.6 is 11.6 Å². The highest BCUT2D eigenvalue weighted by molar-refractivity contribution is 6.31. The maximum atomic E-state index is 13.2. The van der Waals surface area contributed by atoms with E-state index in [2.05, 4.69) is 10.6 Å². The molecule has 0 aromatic heterocycles. The van der Waals surface area contributed by atoms with E-state index >= 15 is 0 Å². The molecule has 0 spiro atoms. The number of fused-ring (bicyclic) bond motifs is 1. The monoisotopic (exact) mass is 226 g/mol. The van der Waals surface area contributed by atoms with Crippen LogP contribution in [0.4, 0.5) is 15.8 Å².